The molecule has 3 N–H and O–H groups in total. The van der Waals surface area contributed by atoms with E-state index in [4.69, 9.17) is 5.73 Å². The Morgan fingerprint density at radius 3 is 2.73 bits per heavy atom. The molecule has 0 aromatic carbocycles. The fourth-order valence-electron chi connectivity index (χ4n) is 2.09. The Kier molecular flexibility index (Phi) is 3.06. The number of nitrogens with two attached hydrogens (primary N) is 1. The molecule has 0 bridgehead atoms. The smallest absolute Gasteiger partial charge is 0.241 e. The number of rotatable bonds is 2. The zero-order chi connectivity index (χ0) is 10.7. The van der Waals surface area contributed by atoms with Gasteiger partial charge in [-0.15, -0.1) is 0 Å². The quantitative estimate of drug-likeness (QED) is 0.762. The SMILES string of the molecule is NC1CCCC(C(=O)Nn2cccc2)C1. The lowest BCUT2D eigenvalue weighted by Crippen LogP contribution is -2.36. The monoisotopic (exact) mass is 207 g/mol. The predicted octanol–water partition coefficient (Wildman–Crippen LogP) is 1.08. The van der Waals surface area contributed by atoms with Gasteiger partial charge in [0.1, 0.15) is 0 Å². The molecule has 1 aliphatic carbocycles. The van der Waals surface area contributed by atoms with Crippen molar-refractivity contribution in [2.45, 2.75) is 31.7 Å². The minimum absolute atomic E-state index is 0.0798. The number of carbonyl (C=O) groups is 1. The lowest BCUT2D eigenvalue weighted by atomic mass is 9.86. The van der Waals surface area contributed by atoms with Gasteiger partial charge in [-0.1, -0.05) is 6.42 Å². The first-order valence-electron chi connectivity index (χ1n) is 5.45. The zero-order valence-electron chi connectivity index (χ0n) is 8.73. The molecule has 0 radical (unpaired) electrons. The van der Waals surface area contributed by atoms with E-state index in [9.17, 15) is 4.79 Å². The Morgan fingerprint density at radius 2 is 2.07 bits per heavy atom. The molecule has 1 amide bonds. The van der Waals surface area contributed by atoms with Gasteiger partial charge in [0.05, 0.1) is 0 Å². The molecule has 1 aromatic heterocycles. The highest BCUT2D eigenvalue weighted by molar-refractivity contribution is 5.86. The van der Waals surface area contributed by atoms with Gasteiger partial charge in [-0.05, 0) is 31.4 Å². The highest BCUT2D eigenvalue weighted by Gasteiger charge is 2.25. The standard InChI is InChI=1S/C11H17N3O/c12-10-5-3-4-9(8-10)11(15)13-14-6-1-2-7-14/h1-2,6-7,9-10H,3-5,8,12H2,(H,13,15). The van der Waals surface area contributed by atoms with E-state index in [-0.39, 0.29) is 17.9 Å². The van der Waals surface area contributed by atoms with Gasteiger partial charge in [0, 0.05) is 24.4 Å². The summed E-state index contributed by atoms with van der Waals surface area (Å²) >= 11 is 0. The van der Waals surface area contributed by atoms with Crippen LogP contribution in [-0.4, -0.2) is 16.6 Å². The Bertz CT molecular complexity index is 321. The van der Waals surface area contributed by atoms with E-state index >= 15 is 0 Å². The summed E-state index contributed by atoms with van der Waals surface area (Å²) < 4.78 is 1.68. The molecule has 0 saturated heterocycles. The van der Waals surface area contributed by atoms with Gasteiger partial charge in [0.15, 0.2) is 0 Å². The van der Waals surface area contributed by atoms with E-state index in [2.05, 4.69) is 5.43 Å². The van der Waals surface area contributed by atoms with Gasteiger partial charge < -0.3 is 5.73 Å². The molecule has 15 heavy (non-hydrogen) atoms. The molecule has 1 aliphatic rings. The fraction of sp³-hybridized carbons (Fsp3) is 0.545. The Hall–Kier alpha value is -1.29. The van der Waals surface area contributed by atoms with E-state index < -0.39 is 0 Å². The van der Waals surface area contributed by atoms with Crippen LogP contribution in [0.5, 0.6) is 0 Å². The second-order valence-electron chi connectivity index (χ2n) is 4.19. The lowest BCUT2D eigenvalue weighted by Gasteiger charge is -2.25. The largest absolute Gasteiger partial charge is 0.328 e. The molecule has 82 valence electrons. The summed E-state index contributed by atoms with van der Waals surface area (Å²) in [6.07, 6.45) is 7.52. The molecule has 2 rings (SSSR count). The first-order valence-corrected chi connectivity index (χ1v) is 5.45. The van der Waals surface area contributed by atoms with E-state index in [1.807, 2.05) is 24.5 Å². The molecule has 4 heteroatoms. The van der Waals surface area contributed by atoms with Crippen LogP contribution in [-0.2, 0) is 4.79 Å². The summed E-state index contributed by atoms with van der Waals surface area (Å²) in [5, 5.41) is 0. The van der Waals surface area contributed by atoms with Crippen LogP contribution < -0.4 is 11.2 Å². The Balaban J connectivity index is 1.90. The molecular weight excluding hydrogens is 190 g/mol. The molecule has 1 saturated carbocycles. The number of hydrogen-bond acceptors (Lipinski definition) is 2. The van der Waals surface area contributed by atoms with Crippen molar-refractivity contribution in [1.29, 1.82) is 0 Å². The van der Waals surface area contributed by atoms with Gasteiger partial charge in [-0.3, -0.25) is 14.9 Å². The Morgan fingerprint density at radius 1 is 1.33 bits per heavy atom. The number of nitrogens with one attached hydrogen (secondary N) is 1. The summed E-state index contributed by atoms with van der Waals surface area (Å²) in [6.45, 7) is 0. The molecule has 4 nitrogen and oxygen atoms in total. The molecule has 0 spiro atoms. The van der Waals surface area contributed by atoms with Crippen molar-refractivity contribution in [2.24, 2.45) is 11.7 Å². The number of carbonyl (C=O) groups excluding carboxylic acids is 1. The first kappa shape index (κ1) is 10.2. The summed E-state index contributed by atoms with van der Waals surface area (Å²) in [7, 11) is 0. The number of hydrogen-bond donors (Lipinski definition) is 2. The Labute approximate surface area is 89.4 Å². The number of aromatic nitrogens is 1. The molecular formula is C11H17N3O. The van der Waals surface area contributed by atoms with Gasteiger partial charge >= 0.3 is 0 Å². The maximum absolute atomic E-state index is 11.8. The lowest BCUT2D eigenvalue weighted by molar-refractivity contribution is -0.121. The topological polar surface area (TPSA) is 60.1 Å². The van der Waals surface area contributed by atoms with Gasteiger partial charge in [-0.2, -0.15) is 0 Å². The summed E-state index contributed by atoms with van der Waals surface area (Å²) in [5.41, 5.74) is 8.68. The molecule has 2 atom stereocenters. The van der Waals surface area contributed by atoms with Crippen LogP contribution in [0.2, 0.25) is 0 Å². The third-order valence-electron chi connectivity index (χ3n) is 2.93. The molecule has 1 fully saturated rings. The van der Waals surface area contributed by atoms with Crippen LogP contribution in [0, 0.1) is 5.92 Å². The number of amides is 1. The molecule has 2 unspecified atom stereocenters. The molecule has 1 heterocycles. The summed E-state index contributed by atoms with van der Waals surface area (Å²) in [6, 6.07) is 3.96. The third-order valence-corrected chi connectivity index (χ3v) is 2.93. The maximum Gasteiger partial charge on any atom is 0.241 e. The van der Waals surface area contributed by atoms with E-state index in [0.29, 0.717) is 0 Å². The molecule has 1 aromatic rings. The van der Waals surface area contributed by atoms with Crippen molar-refractivity contribution in [3.05, 3.63) is 24.5 Å². The average Bonchev–Trinajstić information content (AvgIpc) is 2.70. The van der Waals surface area contributed by atoms with Crippen molar-refractivity contribution < 1.29 is 4.79 Å². The number of nitrogens with zero attached hydrogens (tertiary/aromatic N) is 1. The van der Waals surface area contributed by atoms with Crippen LogP contribution in [0.1, 0.15) is 25.7 Å². The first-order chi connectivity index (χ1) is 7.25. The summed E-state index contributed by atoms with van der Waals surface area (Å²) in [5.74, 6) is 0.164. The second-order valence-corrected chi connectivity index (χ2v) is 4.19. The van der Waals surface area contributed by atoms with Crippen molar-refractivity contribution >= 4 is 5.91 Å². The van der Waals surface area contributed by atoms with E-state index in [0.717, 1.165) is 25.7 Å². The van der Waals surface area contributed by atoms with Gasteiger partial charge in [0.25, 0.3) is 0 Å². The molecule has 0 aliphatic heterocycles. The van der Waals surface area contributed by atoms with Crippen molar-refractivity contribution in [2.75, 3.05) is 5.43 Å². The van der Waals surface area contributed by atoms with Gasteiger partial charge in [-0.25, -0.2) is 0 Å². The minimum atomic E-state index is 0.0798. The third kappa shape index (κ3) is 2.59. The predicted molar refractivity (Wildman–Crippen MR) is 58.7 cm³/mol. The van der Waals surface area contributed by atoms with Crippen LogP contribution >= 0.6 is 0 Å². The van der Waals surface area contributed by atoms with Crippen LogP contribution in [0.3, 0.4) is 0 Å². The van der Waals surface area contributed by atoms with Crippen molar-refractivity contribution in [1.82, 2.24) is 4.68 Å². The fourth-order valence-corrected chi connectivity index (χ4v) is 2.09. The second kappa shape index (κ2) is 4.49. The van der Waals surface area contributed by atoms with Crippen LogP contribution in [0.25, 0.3) is 0 Å². The van der Waals surface area contributed by atoms with Gasteiger partial charge in [0.2, 0.25) is 5.91 Å². The maximum atomic E-state index is 11.8. The average molecular weight is 207 g/mol. The van der Waals surface area contributed by atoms with Crippen LogP contribution in [0.15, 0.2) is 24.5 Å². The highest BCUT2D eigenvalue weighted by Crippen LogP contribution is 2.23. The minimum Gasteiger partial charge on any atom is -0.328 e. The zero-order valence-corrected chi connectivity index (χ0v) is 8.73. The van der Waals surface area contributed by atoms with Crippen molar-refractivity contribution in [3.8, 4) is 0 Å². The summed E-state index contributed by atoms with van der Waals surface area (Å²) in [4.78, 5) is 11.8. The van der Waals surface area contributed by atoms with Crippen molar-refractivity contribution in [3.63, 3.8) is 0 Å². The van der Waals surface area contributed by atoms with E-state index in [1.165, 1.54) is 0 Å². The van der Waals surface area contributed by atoms with E-state index in [1.54, 1.807) is 4.68 Å². The highest BCUT2D eigenvalue weighted by atomic mass is 16.2. The normalized spacial score (nSPS) is 26.2. The van der Waals surface area contributed by atoms with Crippen LogP contribution in [0.4, 0.5) is 0 Å².